The van der Waals surface area contributed by atoms with Crippen LogP contribution in [0.3, 0.4) is 0 Å². The highest BCUT2D eigenvalue weighted by Gasteiger charge is 2.35. The first-order valence-electron chi connectivity index (χ1n) is 10.2. The van der Waals surface area contributed by atoms with Gasteiger partial charge in [-0.15, -0.1) is 0 Å². The zero-order chi connectivity index (χ0) is 23.3. The molecule has 0 unspecified atom stereocenters. The number of alkyl halides is 3. The molecule has 0 atom stereocenters. The number of aliphatic imine (C=N–C) groups is 1. The second-order valence-electron chi connectivity index (χ2n) is 7.36. The van der Waals surface area contributed by atoms with Crippen molar-refractivity contribution in [2.75, 3.05) is 42.3 Å². The minimum absolute atomic E-state index is 0.0805. The number of morpholine rings is 1. The number of hydrogen-bond donors (Lipinski definition) is 2. The van der Waals surface area contributed by atoms with Crippen LogP contribution in [0.15, 0.2) is 35.1 Å². The maximum absolute atomic E-state index is 13.7. The van der Waals surface area contributed by atoms with E-state index < -0.39 is 11.7 Å². The van der Waals surface area contributed by atoms with Gasteiger partial charge in [-0.2, -0.15) is 18.2 Å². The number of nitrogen functional groups attached to an aromatic ring is 1. The van der Waals surface area contributed by atoms with Crippen LogP contribution in [0.5, 0.6) is 0 Å². The van der Waals surface area contributed by atoms with Crippen LogP contribution < -0.4 is 16.0 Å². The second-order valence-corrected chi connectivity index (χ2v) is 7.36. The van der Waals surface area contributed by atoms with Gasteiger partial charge in [-0.25, -0.2) is 15.0 Å². The summed E-state index contributed by atoms with van der Waals surface area (Å²) in [6, 6.07) is 2.26. The number of anilines is 3. The number of rotatable bonds is 5. The minimum atomic E-state index is -4.62. The van der Waals surface area contributed by atoms with Crippen molar-refractivity contribution < 1.29 is 17.9 Å². The molecule has 1 aliphatic heterocycles. The third-order valence-electron chi connectivity index (χ3n) is 4.86. The Morgan fingerprint density at radius 3 is 2.62 bits per heavy atom. The molecular weight excluding hydrogens is 423 g/mol. The lowest BCUT2D eigenvalue weighted by Gasteiger charge is -2.27. The van der Waals surface area contributed by atoms with Crippen LogP contribution in [-0.4, -0.2) is 47.1 Å². The van der Waals surface area contributed by atoms with Gasteiger partial charge in [0.15, 0.2) is 0 Å². The van der Waals surface area contributed by atoms with Gasteiger partial charge in [0.05, 0.1) is 24.5 Å². The molecule has 3 N–H and O–H groups in total. The number of ether oxygens (including phenoxy) is 1. The summed E-state index contributed by atoms with van der Waals surface area (Å²) in [6.45, 7) is 7.75. The third kappa shape index (κ3) is 5.94. The number of aromatic nitrogens is 3. The van der Waals surface area contributed by atoms with Gasteiger partial charge in [-0.05, 0) is 26.3 Å². The molecule has 1 saturated heterocycles. The van der Waals surface area contributed by atoms with E-state index in [9.17, 15) is 13.2 Å². The molecule has 8 nitrogen and oxygen atoms in total. The van der Waals surface area contributed by atoms with Crippen LogP contribution in [-0.2, 0) is 10.9 Å². The molecule has 2 aromatic rings. The summed E-state index contributed by atoms with van der Waals surface area (Å²) in [5, 5.41) is 3.05. The molecule has 0 bridgehead atoms. The lowest BCUT2D eigenvalue weighted by atomic mass is 10.1. The van der Waals surface area contributed by atoms with Crippen molar-refractivity contribution in [2.45, 2.75) is 33.4 Å². The van der Waals surface area contributed by atoms with Crippen molar-refractivity contribution in [3.05, 3.63) is 35.7 Å². The molecule has 32 heavy (non-hydrogen) atoms. The number of halogens is 3. The van der Waals surface area contributed by atoms with Gasteiger partial charge in [0.1, 0.15) is 17.5 Å². The first kappa shape index (κ1) is 23.5. The molecule has 0 radical (unpaired) electrons. The predicted molar refractivity (Wildman–Crippen MR) is 118 cm³/mol. The fourth-order valence-corrected chi connectivity index (χ4v) is 2.97. The summed E-state index contributed by atoms with van der Waals surface area (Å²) in [4.78, 5) is 19.0. The Labute approximate surface area is 184 Å². The molecule has 2 aromatic heterocycles. The topological polar surface area (TPSA) is 102 Å². The van der Waals surface area contributed by atoms with Crippen LogP contribution >= 0.6 is 0 Å². The Balaban J connectivity index is 2.07. The first-order chi connectivity index (χ1) is 15.2. The van der Waals surface area contributed by atoms with E-state index in [1.807, 2.05) is 18.7 Å². The van der Waals surface area contributed by atoms with Crippen LogP contribution in [0.1, 0.15) is 32.8 Å². The van der Waals surface area contributed by atoms with E-state index in [1.165, 1.54) is 6.07 Å². The SMILES string of the molecule is CC/C(C)=C/N=C(\C)Nc1cc(-c2cnc(N)cc2C(F)(F)F)nc(N2CCOCC2)n1. The van der Waals surface area contributed by atoms with E-state index in [2.05, 4.69) is 25.3 Å². The van der Waals surface area contributed by atoms with E-state index in [1.54, 1.807) is 13.1 Å². The summed E-state index contributed by atoms with van der Waals surface area (Å²) in [6.07, 6.45) is -0.940. The summed E-state index contributed by atoms with van der Waals surface area (Å²) in [7, 11) is 0. The fraction of sp³-hybridized carbons (Fsp3) is 0.429. The first-order valence-corrected chi connectivity index (χ1v) is 10.2. The maximum Gasteiger partial charge on any atom is 0.417 e. The molecule has 1 fully saturated rings. The molecule has 0 aromatic carbocycles. The quantitative estimate of drug-likeness (QED) is 0.523. The van der Waals surface area contributed by atoms with Crippen LogP contribution in [0.25, 0.3) is 11.3 Å². The van der Waals surface area contributed by atoms with E-state index in [0.29, 0.717) is 43.9 Å². The van der Waals surface area contributed by atoms with Crippen LogP contribution in [0, 0.1) is 0 Å². The molecule has 3 heterocycles. The summed E-state index contributed by atoms with van der Waals surface area (Å²) in [5.74, 6) is 0.946. The van der Waals surface area contributed by atoms with Crippen molar-refractivity contribution in [2.24, 2.45) is 4.99 Å². The molecule has 3 rings (SSSR count). The summed E-state index contributed by atoms with van der Waals surface area (Å²) >= 11 is 0. The summed E-state index contributed by atoms with van der Waals surface area (Å²) < 4.78 is 46.4. The monoisotopic (exact) mass is 449 g/mol. The molecule has 0 spiro atoms. The predicted octanol–water partition coefficient (Wildman–Crippen LogP) is 4.12. The van der Waals surface area contributed by atoms with E-state index in [0.717, 1.165) is 24.3 Å². The standard InChI is InChI=1S/C21H26F3N7O/c1-4-13(2)11-26-14(3)28-19-10-17(29-20(30-19)31-5-7-32-8-6-31)15-12-27-18(25)9-16(15)21(22,23)24/h9-12H,4-8H2,1-3H3,(H2,25,27)(H,26,28,29,30)/b13-11+. The molecule has 0 aliphatic carbocycles. The van der Waals surface area contributed by atoms with Gasteiger partial charge in [0.2, 0.25) is 5.95 Å². The number of nitrogens with one attached hydrogen (secondary N) is 1. The number of hydrogen-bond acceptors (Lipinski definition) is 7. The molecule has 1 aliphatic rings. The Kier molecular flexibility index (Phi) is 7.29. The zero-order valence-electron chi connectivity index (χ0n) is 18.2. The van der Waals surface area contributed by atoms with E-state index in [-0.39, 0.29) is 17.1 Å². The maximum atomic E-state index is 13.7. The highest BCUT2D eigenvalue weighted by atomic mass is 19.4. The van der Waals surface area contributed by atoms with Crippen molar-refractivity contribution in [1.29, 1.82) is 0 Å². The van der Waals surface area contributed by atoms with Gasteiger partial charge in [-0.3, -0.25) is 0 Å². The highest BCUT2D eigenvalue weighted by molar-refractivity contribution is 5.93. The van der Waals surface area contributed by atoms with Gasteiger partial charge in [0.25, 0.3) is 0 Å². The lowest BCUT2D eigenvalue weighted by Crippen LogP contribution is -2.37. The third-order valence-corrected chi connectivity index (χ3v) is 4.86. The highest BCUT2D eigenvalue weighted by Crippen LogP contribution is 2.37. The lowest BCUT2D eigenvalue weighted by molar-refractivity contribution is -0.137. The molecule has 0 saturated carbocycles. The largest absolute Gasteiger partial charge is 0.417 e. The molecule has 11 heteroatoms. The zero-order valence-corrected chi connectivity index (χ0v) is 18.2. The number of allylic oxidation sites excluding steroid dienone is 1. The van der Waals surface area contributed by atoms with Gasteiger partial charge < -0.3 is 20.7 Å². The Morgan fingerprint density at radius 1 is 1.25 bits per heavy atom. The van der Waals surface area contributed by atoms with E-state index >= 15 is 0 Å². The summed E-state index contributed by atoms with van der Waals surface area (Å²) in [5.41, 5.74) is 5.60. The molecule has 172 valence electrons. The number of nitrogens with two attached hydrogens (primary N) is 1. The van der Waals surface area contributed by atoms with Gasteiger partial charge in [0, 0.05) is 37.1 Å². The average molecular weight is 449 g/mol. The van der Waals surface area contributed by atoms with Crippen LogP contribution in [0.2, 0.25) is 0 Å². The number of amidine groups is 1. The number of pyridine rings is 1. The Morgan fingerprint density at radius 2 is 1.97 bits per heavy atom. The van der Waals surface area contributed by atoms with Crippen molar-refractivity contribution in [3.63, 3.8) is 0 Å². The van der Waals surface area contributed by atoms with Gasteiger partial charge in [-0.1, -0.05) is 12.5 Å². The Bertz CT molecular complexity index is 1010. The van der Waals surface area contributed by atoms with Crippen molar-refractivity contribution >= 4 is 23.4 Å². The fourth-order valence-electron chi connectivity index (χ4n) is 2.97. The van der Waals surface area contributed by atoms with Crippen LogP contribution in [0.4, 0.5) is 30.8 Å². The van der Waals surface area contributed by atoms with Crippen molar-refractivity contribution in [3.8, 4) is 11.3 Å². The number of nitrogens with zero attached hydrogens (tertiary/aromatic N) is 5. The van der Waals surface area contributed by atoms with Gasteiger partial charge >= 0.3 is 6.18 Å². The molecule has 0 amide bonds. The smallest absolute Gasteiger partial charge is 0.384 e. The van der Waals surface area contributed by atoms with E-state index in [4.69, 9.17) is 10.5 Å². The normalized spacial score (nSPS) is 15.8. The average Bonchev–Trinajstić information content (AvgIpc) is 2.77. The van der Waals surface area contributed by atoms with Crippen molar-refractivity contribution in [1.82, 2.24) is 15.0 Å². The molecular formula is C21H26F3N7O. The Hall–Kier alpha value is -3.21. The minimum Gasteiger partial charge on any atom is -0.384 e. The second kappa shape index (κ2) is 9.94.